The number of benzene rings is 2. The van der Waals surface area contributed by atoms with Gasteiger partial charge in [-0.2, -0.15) is 0 Å². The lowest BCUT2D eigenvalue weighted by atomic mass is 9.88. The Bertz CT molecular complexity index is 729. The van der Waals surface area contributed by atoms with E-state index in [1.165, 1.54) is 0 Å². The van der Waals surface area contributed by atoms with Gasteiger partial charge >= 0.3 is 0 Å². The smallest absolute Gasteiger partial charge is 0.184 e. The molecule has 0 unspecified atom stereocenters. The average Bonchev–Trinajstić information content (AvgIpc) is 2.53. The van der Waals surface area contributed by atoms with E-state index in [-0.39, 0.29) is 5.78 Å². The molecule has 5 heteroatoms. The van der Waals surface area contributed by atoms with Crippen LogP contribution in [0.25, 0.3) is 0 Å². The van der Waals surface area contributed by atoms with E-state index in [1.54, 1.807) is 36.4 Å². The van der Waals surface area contributed by atoms with Gasteiger partial charge in [-0.15, -0.1) is 0 Å². The average molecular weight is 363 g/mol. The van der Waals surface area contributed by atoms with Crippen molar-refractivity contribution in [3.8, 4) is 0 Å². The van der Waals surface area contributed by atoms with Crippen LogP contribution in [0.4, 0.5) is 11.4 Å². The Hall–Kier alpha value is -1.84. The maximum Gasteiger partial charge on any atom is 0.184 e. The Morgan fingerprint density at radius 1 is 0.958 bits per heavy atom. The van der Waals surface area contributed by atoms with Crippen LogP contribution in [-0.4, -0.2) is 18.0 Å². The first-order valence-electron chi connectivity index (χ1n) is 7.63. The molecule has 3 nitrogen and oxygen atoms in total. The quantitative estimate of drug-likeness (QED) is 0.683. The van der Waals surface area contributed by atoms with E-state index in [9.17, 15) is 4.79 Å². The number of halogens is 2. The monoisotopic (exact) mass is 362 g/mol. The predicted octanol–water partition coefficient (Wildman–Crippen LogP) is 5.79. The Kier molecular flexibility index (Phi) is 6.03. The largest absolute Gasteiger partial charge is 0.379 e. The lowest BCUT2D eigenvalue weighted by Gasteiger charge is -2.19. The van der Waals surface area contributed by atoms with Crippen LogP contribution in [-0.2, 0) is 4.79 Å². The molecule has 126 valence electrons. The number of Topliss-reactive ketones (excluding diaryl/α,β-unsaturated/α-hetero) is 1. The van der Waals surface area contributed by atoms with Crippen LogP contribution in [0.15, 0.2) is 53.5 Å². The van der Waals surface area contributed by atoms with Gasteiger partial charge in [-0.1, -0.05) is 44.0 Å². The van der Waals surface area contributed by atoms with Gasteiger partial charge in [0.2, 0.25) is 0 Å². The molecule has 0 atom stereocenters. The van der Waals surface area contributed by atoms with E-state index in [0.29, 0.717) is 28.0 Å². The molecule has 2 aromatic carbocycles. The molecule has 0 bridgehead atoms. The fourth-order valence-corrected chi connectivity index (χ4v) is 2.28. The number of carbonyl (C=O) groups is 1. The second-order valence-electron chi connectivity index (χ2n) is 6.47. The molecule has 1 N–H and O–H groups in total. The number of hydrogen-bond acceptors (Lipinski definition) is 3. The molecule has 0 radical (unpaired) electrons. The third kappa shape index (κ3) is 5.36. The van der Waals surface area contributed by atoms with E-state index in [4.69, 9.17) is 23.2 Å². The normalized spacial score (nSPS) is 12.1. The van der Waals surface area contributed by atoms with Crippen LogP contribution in [0.3, 0.4) is 0 Å². The van der Waals surface area contributed by atoms with Gasteiger partial charge in [0.05, 0.1) is 12.2 Å². The van der Waals surface area contributed by atoms with E-state index in [1.807, 2.05) is 32.9 Å². The van der Waals surface area contributed by atoms with Crippen LogP contribution in [0.2, 0.25) is 10.0 Å². The minimum absolute atomic E-state index is 0.00101. The third-order valence-corrected chi connectivity index (χ3v) is 3.84. The van der Waals surface area contributed by atoms with Gasteiger partial charge < -0.3 is 5.32 Å². The van der Waals surface area contributed by atoms with Gasteiger partial charge in [0, 0.05) is 21.1 Å². The van der Waals surface area contributed by atoms with Crippen LogP contribution >= 0.6 is 23.2 Å². The zero-order valence-corrected chi connectivity index (χ0v) is 15.4. The third-order valence-electron chi connectivity index (χ3n) is 3.34. The minimum Gasteiger partial charge on any atom is -0.379 e. The topological polar surface area (TPSA) is 41.5 Å². The summed E-state index contributed by atoms with van der Waals surface area (Å²) in [5.74, 6) is -0.00101. The minimum atomic E-state index is -0.507. The van der Waals surface area contributed by atoms with Gasteiger partial charge in [-0.25, -0.2) is 4.99 Å². The second kappa shape index (κ2) is 7.82. The first-order chi connectivity index (χ1) is 11.3. The number of aliphatic imine (C=N–C) groups is 1. The first-order valence-corrected chi connectivity index (χ1v) is 8.39. The number of anilines is 1. The number of nitrogens with zero attached hydrogens (tertiary/aromatic N) is 1. The number of rotatable bonds is 5. The highest BCUT2D eigenvalue weighted by atomic mass is 35.5. The van der Waals surface area contributed by atoms with E-state index >= 15 is 0 Å². The van der Waals surface area contributed by atoms with Gasteiger partial charge in [0.1, 0.15) is 5.71 Å². The van der Waals surface area contributed by atoms with E-state index in [0.717, 1.165) is 5.69 Å². The molecular formula is C19H20Cl2N2O. The van der Waals surface area contributed by atoms with Crippen molar-refractivity contribution in [1.29, 1.82) is 0 Å². The standard InChI is InChI=1S/C19H20Cl2N2O/c1-19(2,3)18(24)17(23-16-10-6-14(21)7-11-16)12-22-15-8-4-13(20)5-9-15/h4-11,22H,12H2,1-3H3. The highest BCUT2D eigenvalue weighted by molar-refractivity contribution is 6.43. The van der Waals surface area contributed by atoms with Crippen LogP contribution in [0.5, 0.6) is 0 Å². The SMILES string of the molecule is CC(C)(C)C(=O)C(CNc1ccc(Cl)cc1)=Nc1ccc(Cl)cc1. The van der Waals surface area contributed by atoms with Crippen LogP contribution in [0, 0.1) is 5.41 Å². The molecule has 0 amide bonds. The Morgan fingerprint density at radius 2 is 1.46 bits per heavy atom. The molecule has 2 aromatic rings. The molecule has 0 heterocycles. The highest BCUT2D eigenvalue weighted by Gasteiger charge is 2.26. The summed E-state index contributed by atoms with van der Waals surface area (Å²) in [6, 6.07) is 14.4. The van der Waals surface area contributed by atoms with Gasteiger partial charge in [0.25, 0.3) is 0 Å². The van der Waals surface area contributed by atoms with Crippen molar-refractivity contribution in [3.05, 3.63) is 58.6 Å². The van der Waals surface area contributed by atoms with Gasteiger partial charge in [-0.3, -0.25) is 4.79 Å². The molecule has 0 aliphatic heterocycles. The fraction of sp³-hybridized carbons (Fsp3) is 0.263. The Balaban J connectivity index is 2.24. The number of ketones is 1. The van der Waals surface area contributed by atoms with Gasteiger partial charge in [-0.05, 0) is 48.5 Å². The maximum absolute atomic E-state index is 12.7. The number of carbonyl (C=O) groups excluding carboxylic acids is 1. The van der Waals surface area contributed by atoms with Crippen molar-refractivity contribution in [2.45, 2.75) is 20.8 Å². The highest BCUT2D eigenvalue weighted by Crippen LogP contribution is 2.21. The number of nitrogens with one attached hydrogen (secondary N) is 1. The predicted molar refractivity (Wildman–Crippen MR) is 103 cm³/mol. The molecular weight excluding hydrogens is 343 g/mol. The van der Waals surface area contributed by atoms with Crippen LogP contribution < -0.4 is 5.32 Å². The zero-order valence-electron chi connectivity index (χ0n) is 13.9. The molecule has 0 fully saturated rings. The summed E-state index contributed by atoms with van der Waals surface area (Å²) >= 11 is 11.8. The van der Waals surface area contributed by atoms with Crippen molar-refractivity contribution in [2.24, 2.45) is 10.4 Å². The lowest BCUT2D eigenvalue weighted by molar-refractivity contribution is -0.119. The number of hydrogen-bond donors (Lipinski definition) is 1. The molecule has 2 rings (SSSR count). The van der Waals surface area contributed by atoms with Crippen molar-refractivity contribution in [3.63, 3.8) is 0 Å². The molecule has 0 spiro atoms. The lowest BCUT2D eigenvalue weighted by Crippen LogP contribution is -2.33. The van der Waals surface area contributed by atoms with E-state index < -0.39 is 5.41 Å². The summed E-state index contributed by atoms with van der Waals surface area (Å²) in [6.45, 7) is 5.99. The van der Waals surface area contributed by atoms with Crippen LogP contribution in [0.1, 0.15) is 20.8 Å². The molecule has 0 saturated heterocycles. The summed E-state index contributed by atoms with van der Waals surface area (Å²) in [7, 11) is 0. The van der Waals surface area contributed by atoms with Crippen molar-refractivity contribution >= 4 is 46.1 Å². The summed E-state index contributed by atoms with van der Waals surface area (Å²) < 4.78 is 0. The summed E-state index contributed by atoms with van der Waals surface area (Å²) in [5, 5.41) is 4.52. The molecule has 0 aromatic heterocycles. The van der Waals surface area contributed by atoms with Crippen molar-refractivity contribution < 1.29 is 4.79 Å². The van der Waals surface area contributed by atoms with E-state index in [2.05, 4.69) is 10.3 Å². The molecule has 0 aliphatic rings. The molecule has 0 aliphatic carbocycles. The Labute approximate surface area is 152 Å². The second-order valence-corrected chi connectivity index (χ2v) is 7.35. The fourth-order valence-electron chi connectivity index (χ4n) is 2.03. The molecule has 24 heavy (non-hydrogen) atoms. The zero-order chi connectivity index (χ0) is 17.7. The first kappa shape index (κ1) is 18.5. The molecule has 0 saturated carbocycles. The van der Waals surface area contributed by atoms with Gasteiger partial charge in [0.15, 0.2) is 5.78 Å². The van der Waals surface area contributed by atoms with Crippen molar-refractivity contribution in [1.82, 2.24) is 0 Å². The van der Waals surface area contributed by atoms with Crippen molar-refractivity contribution in [2.75, 3.05) is 11.9 Å². The summed E-state index contributed by atoms with van der Waals surface area (Å²) in [6.07, 6.45) is 0. The maximum atomic E-state index is 12.7. The summed E-state index contributed by atoms with van der Waals surface area (Å²) in [4.78, 5) is 17.2. The summed E-state index contributed by atoms with van der Waals surface area (Å²) in [5.41, 5.74) is 1.54. The Morgan fingerprint density at radius 3 is 1.96 bits per heavy atom.